The maximum absolute atomic E-state index is 5.90. The lowest BCUT2D eigenvalue weighted by atomic mass is 9.99. The molecule has 0 amide bonds. The molecule has 0 aromatic heterocycles. The van der Waals surface area contributed by atoms with Crippen molar-refractivity contribution in [2.75, 3.05) is 14.2 Å². The minimum atomic E-state index is -2.10. The van der Waals surface area contributed by atoms with Gasteiger partial charge in [-0.05, 0) is 24.8 Å². The van der Waals surface area contributed by atoms with Crippen molar-refractivity contribution in [2.45, 2.75) is 64.5 Å². The van der Waals surface area contributed by atoms with Crippen LogP contribution in [0.15, 0.2) is 0 Å². The first-order chi connectivity index (χ1) is 7.00. The molecule has 15 heavy (non-hydrogen) atoms. The van der Waals surface area contributed by atoms with E-state index in [2.05, 4.69) is 34.6 Å². The van der Waals surface area contributed by atoms with Gasteiger partial charge in [0, 0.05) is 19.3 Å². The summed E-state index contributed by atoms with van der Waals surface area (Å²) >= 11 is 0. The van der Waals surface area contributed by atoms with E-state index in [9.17, 15) is 0 Å². The van der Waals surface area contributed by atoms with Crippen molar-refractivity contribution in [3.05, 3.63) is 0 Å². The minimum Gasteiger partial charge on any atom is -0.397 e. The topological polar surface area (TPSA) is 18.5 Å². The summed E-state index contributed by atoms with van der Waals surface area (Å²) in [5.41, 5.74) is 0.493. The highest BCUT2D eigenvalue weighted by atomic mass is 28.4. The largest absolute Gasteiger partial charge is 0.397 e. The van der Waals surface area contributed by atoms with Gasteiger partial charge in [0.05, 0.1) is 0 Å². The predicted molar refractivity (Wildman–Crippen MR) is 68.4 cm³/mol. The summed E-state index contributed by atoms with van der Waals surface area (Å²) in [5, 5.41) is 0.255. The van der Waals surface area contributed by atoms with Crippen LogP contribution < -0.4 is 0 Å². The van der Waals surface area contributed by atoms with Gasteiger partial charge in [-0.2, -0.15) is 0 Å². The van der Waals surface area contributed by atoms with E-state index >= 15 is 0 Å². The average Bonchev–Trinajstić information content (AvgIpc) is 2.26. The van der Waals surface area contributed by atoms with Crippen molar-refractivity contribution in [2.24, 2.45) is 0 Å². The van der Waals surface area contributed by atoms with Gasteiger partial charge in [-0.15, -0.1) is 0 Å². The Morgan fingerprint density at radius 1 is 0.933 bits per heavy atom. The molecule has 0 N–H and O–H groups in total. The molecule has 0 aliphatic heterocycles. The van der Waals surface area contributed by atoms with Crippen molar-refractivity contribution in [1.82, 2.24) is 0 Å². The zero-order valence-electron chi connectivity index (χ0n) is 11.5. The Bertz CT molecular complexity index is 164. The predicted octanol–water partition coefficient (Wildman–Crippen LogP) is 4.10. The highest BCUT2D eigenvalue weighted by molar-refractivity contribution is 6.72. The second-order valence-electron chi connectivity index (χ2n) is 4.57. The molecule has 92 valence electrons. The number of rotatable bonds is 7. The summed E-state index contributed by atoms with van der Waals surface area (Å²) in [4.78, 5) is 0. The van der Waals surface area contributed by atoms with Gasteiger partial charge in [-0.3, -0.25) is 0 Å². The Balaban J connectivity index is 5.34. The van der Waals surface area contributed by atoms with Gasteiger partial charge in [-0.1, -0.05) is 34.6 Å². The van der Waals surface area contributed by atoms with E-state index in [1.54, 1.807) is 0 Å². The van der Waals surface area contributed by atoms with Crippen LogP contribution in [0, 0.1) is 0 Å². The van der Waals surface area contributed by atoms with Gasteiger partial charge in [0.25, 0.3) is 0 Å². The normalized spacial score (nSPS) is 13.6. The number of hydrogen-bond acceptors (Lipinski definition) is 2. The van der Waals surface area contributed by atoms with Crippen LogP contribution in [0.1, 0.15) is 53.9 Å². The van der Waals surface area contributed by atoms with Crippen LogP contribution >= 0.6 is 0 Å². The summed E-state index contributed by atoms with van der Waals surface area (Å²) in [7, 11) is 1.55. The molecule has 0 spiro atoms. The monoisotopic (exact) mass is 232 g/mol. The van der Waals surface area contributed by atoms with Crippen molar-refractivity contribution < 1.29 is 8.85 Å². The molecule has 0 aliphatic rings. The van der Waals surface area contributed by atoms with Crippen LogP contribution in [0.3, 0.4) is 0 Å². The molecule has 0 atom stereocenters. The number of hydrogen-bond donors (Lipinski definition) is 0. The second-order valence-corrected chi connectivity index (χ2v) is 8.94. The van der Waals surface area contributed by atoms with Crippen LogP contribution in [-0.4, -0.2) is 22.8 Å². The Labute approximate surface area is 96.6 Å². The summed E-state index contributed by atoms with van der Waals surface area (Å²) in [5.74, 6) is 0. The molecular formula is C12H28O2Si. The van der Waals surface area contributed by atoms with Gasteiger partial charge >= 0.3 is 8.56 Å². The molecule has 0 bridgehead atoms. The van der Waals surface area contributed by atoms with Crippen molar-refractivity contribution in [1.29, 1.82) is 0 Å². The molecular weight excluding hydrogens is 204 g/mol. The van der Waals surface area contributed by atoms with E-state index in [1.807, 2.05) is 14.2 Å². The fourth-order valence-electron chi connectivity index (χ4n) is 3.09. The lowest BCUT2D eigenvalue weighted by Gasteiger charge is -2.47. The quantitative estimate of drug-likeness (QED) is 0.615. The molecule has 2 nitrogen and oxygen atoms in total. The molecule has 0 unspecified atom stereocenters. The molecule has 0 rings (SSSR count). The lowest BCUT2D eigenvalue weighted by molar-refractivity contribution is 0.182. The highest BCUT2D eigenvalue weighted by Crippen LogP contribution is 2.52. The van der Waals surface area contributed by atoms with E-state index in [0.717, 1.165) is 19.3 Å². The first-order valence-electron chi connectivity index (χ1n) is 6.10. The van der Waals surface area contributed by atoms with E-state index in [-0.39, 0.29) is 5.04 Å². The summed E-state index contributed by atoms with van der Waals surface area (Å²) in [6.45, 7) is 11.2. The third kappa shape index (κ3) is 2.29. The van der Waals surface area contributed by atoms with Crippen molar-refractivity contribution in [3.8, 4) is 0 Å². The molecule has 0 aromatic rings. The second kappa shape index (κ2) is 6.02. The van der Waals surface area contributed by atoms with E-state index < -0.39 is 8.56 Å². The maximum atomic E-state index is 5.90. The van der Waals surface area contributed by atoms with Crippen molar-refractivity contribution >= 4 is 8.56 Å². The Morgan fingerprint density at radius 3 is 1.33 bits per heavy atom. The van der Waals surface area contributed by atoms with Gasteiger partial charge in [0.2, 0.25) is 0 Å². The maximum Gasteiger partial charge on any atom is 0.346 e. The fourth-order valence-corrected chi connectivity index (χ4v) is 7.77. The average molecular weight is 232 g/mol. The lowest BCUT2D eigenvalue weighted by Crippen LogP contribution is -2.54. The third-order valence-electron chi connectivity index (χ3n) is 4.14. The zero-order chi connectivity index (χ0) is 12.1. The molecule has 0 heterocycles. The van der Waals surface area contributed by atoms with Gasteiger partial charge in [0.15, 0.2) is 0 Å². The van der Waals surface area contributed by atoms with Gasteiger partial charge in [0.1, 0.15) is 0 Å². The first-order valence-corrected chi connectivity index (χ1v) is 7.99. The van der Waals surface area contributed by atoms with Crippen molar-refractivity contribution in [3.63, 3.8) is 0 Å². The Kier molecular flexibility index (Phi) is 6.07. The summed E-state index contributed by atoms with van der Waals surface area (Å²) < 4.78 is 11.8. The third-order valence-corrected chi connectivity index (χ3v) is 9.41. The molecule has 0 aliphatic carbocycles. The Hall–Kier alpha value is 0.137. The van der Waals surface area contributed by atoms with Crippen LogP contribution in [0.5, 0.6) is 0 Å². The van der Waals surface area contributed by atoms with Crippen LogP contribution in [0.2, 0.25) is 10.6 Å². The Morgan fingerprint density at radius 2 is 1.27 bits per heavy atom. The molecule has 0 aromatic carbocycles. The molecule has 3 heteroatoms. The van der Waals surface area contributed by atoms with E-state index in [0.29, 0.717) is 5.54 Å². The van der Waals surface area contributed by atoms with E-state index in [1.165, 1.54) is 0 Å². The fraction of sp³-hybridized carbons (Fsp3) is 1.00. The molecule has 0 fully saturated rings. The molecule has 0 saturated carbocycles. The molecule has 0 saturated heterocycles. The van der Waals surface area contributed by atoms with E-state index in [4.69, 9.17) is 8.85 Å². The zero-order valence-corrected chi connectivity index (χ0v) is 12.5. The first kappa shape index (κ1) is 15.1. The van der Waals surface area contributed by atoms with Gasteiger partial charge in [-0.25, -0.2) is 0 Å². The van der Waals surface area contributed by atoms with Crippen LogP contribution in [-0.2, 0) is 8.85 Å². The minimum absolute atomic E-state index is 0.255. The van der Waals surface area contributed by atoms with Gasteiger partial charge < -0.3 is 8.85 Å². The highest BCUT2D eigenvalue weighted by Gasteiger charge is 2.55. The summed E-state index contributed by atoms with van der Waals surface area (Å²) in [6, 6.07) is 0. The molecule has 0 radical (unpaired) electrons. The van der Waals surface area contributed by atoms with Crippen LogP contribution in [0.4, 0.5) is 0 Å². The SMILES string of the molecule is CCC(CC)(CC)[Si](OC)(OC)C(C)C. The van der Waals surface area contributed by atoms with Crippen LogP contribution in [0.25, 0.3) is 0 Å². The summed E-state index contributed by atoms with van der Waals surface area (Å²) in [6.07, 6.45) is 3.43. The smallest absolute Gasteiger partial charge is 0.346 e. The standard InChI is InChI=1S/C12H28O2Si/c1-8-12(9-2,10-3)15(13-6,14-7)11(4)5/h11H,8-10H2,1-7H3.